The Morgan fingerprint density at radius 3 is 2.40 bits per heavy atom. The van der Waals surface area contributed by atoms with E-state index in [1.807, 2.05) is 13.8 Å². The molecule has 116 valence electrons. The number of aliphatic hydroxyl groups is 1. The van der Waals surface area contributed by atoms with Crippen molar-refractivity contribution in [1.82, 2.24) is 5.32 Å². The van der Waals surface area contributed by atoms with Gasteiger partial charge in [-0.2, -0.15) is 0 Å². The first-order valence-electron chi connectivity index (χ1n) is 7.64. The second kappa shape index (κ2) is 8.25. The molecule has 20 heavy (non-hydrogen) atoms. The van der Waals surface area contributed by atoms with Gasteiger partial charge in [0.1, 0.15) is 0 Å². The van der Waals surface area contributed by atoms with Gasteiger partial charge in [-0.3, -0.25) is 9.59 Å². The topological polar surface area (TPSA) is 86.6 Å². The van der Waals surface area contributed by atoms with Crippen LogP contribution in [0.3, 0.4) is 0 Å². The third-order valence-electron chi connectivity index (χ3n) is 4.57. The molecule has 0 aliphatic heterocycles. The number of rotatable bonds is 8. The van der Waals surface area contributed by atoms with E-state index in [1.165, 1.54) is 0 Å². The first-order chi connectivity index (χ1) is 9.53. The van der Waals surface area contributed by atoms with Crippen LogP contribution in [0.4, 0.5) is 0 Å². The van der Waals surface area contributed by atoms with E-state index in [9.17, 15) is 14.7 Å². The van der Waals surface area contributed by atoms with E-state index < -0.39 is 17.8 Å². The van der Waals surface area contributed by atoms with Gasteiger partial charge in [-0.25, -0.2) is 0 Å². The number of hydrogen-bond donors (Lipinski definition) is 3. The fourth-order valence-corrected chi connectivity index (χ4v) is 3.05. The standard InChI is InChI=1S/C15H27NO4/c1-3-10(5-6-17)9-16-14(18)12-7-11(4-2)8-13(12)15(19)20/h10-13,17H,3-9H2,1-2H3,(H,16,18)(H,19,20). The monoisotopic (exact) mass is 285 g/mol. The minimum Gasteiger partial charge on any atom is -0.481 e. The maximum Gasteiger partial charge on any atom is 0.307 e. The van der Waals surface area contributed by atoms with Gasteiger partial charge in [-0.1, -0.05) is 26.7 Å². The van der Waals surface area contributed by atoms with Crippen LogP contribution in [0.15, 0.2) is 0 Å². The molecule has 0 aromatic carbocycles. The van der Waals surface area contributed by atoms with Crippen molar-refractivity contribution >= 4 is 11.9 Å². The molecule has 1 amide bonds. The van der Waals surface area contributed by atoms with Crippen molar-refractivity contribution in [3.05, 3.63) is 0 Å². The molecule has 1 aliphatic carbocycles. The van der Waals surface area contributed by atoms with Gasteiger partial charge in [0.25, 0.3) is 0 Å². The van der Waals surface area contributed by atoms with Crippen LogP contribution in [-0.4, -0.2) is 35.2 Å². The molecule has 1 aliphatic rings. The molecule has 3 N–H and O–H groups in total. The fourth-order valence-electron chi connectivity index (χ4n) is 3.05. The van der Waals surface area contributed by atoms with E-state index in [2.05, 4.69) is 5.32 Å². The van der Waals surface area contributed by atoms with E-state index >= 15 is 0 Å². The largest absolute Gasteiger partial charge is 0.481 e. The van der Waals surface area contributed by atoms with Crippen molar-refractivity contribution in [2.24, 2.45) is 23.7 Å². The lowest BCUT2D eigenvalue weighted by molar-refractivity contribution is -0.146. The second-order valence-corrected chi connectivity index (χ2v) is 5.83. The Morgan fingerprint density at radius 1 is 1.25 bits per heavy atom. The van der Waals surface area contributed by atoms with Gasteiger partial charge in [0.05, 0.1) is 11.8 Å². The number of amides is 1. The third-order valence-corrected chi connectivity index (χ3v) is 4.57. The zero-order chi connectivity index (χ0) is 15.1. The Kier molecular flexibility index (Phi) is 6.99. The molecule has 0 spiro atoms. The molecule has 0 radical (unpaired) electrons. The molecule has 5 heteroatoms. The molecule has 0 bridgehead atoms. The van der Waals surface area contributed by atoms with Crippen LogP contribution >= 0.6 is 0 Å². The van der Waals surface area contributed by atoms with Gasteiger partial charge in [-0.15, -0.1) is 0 Å². The van der Waals surface area contributed by atoms with Crippen LogP contribution in [0.1, 0.15) is 46.0 Å². The Morgan fingerprint density at radius 2 is 1.90 bits per heavy atom. The summed E-state index contributed by atoms with van der Waals surface area (Å²) in [5.74, 6) is -1.34. The van der Waals surface area contributed by atoms with Crippen molar-refractivity contribution < 1.29 is 19.8 Å². The smallest absolute Gasteiger partial charge is 0.307 e. The Labute approximate surface area is 120 Å². The molecular weight excluding hydrogens is 258 g/mol. The van der Waals surface area contributed by atoms with Crippen LogP contribution in [0.2, 0.25) is 0 Å². The highest BCUT2D eigenvalue weighted by molar-refractivity contribution is 5.85. The predicted octanol–water partition coefficient (Wildman–Crippen LogP) is 1.65. The maximum absolute atomic E-state index is 12.2. The molecule has 1 saturated carbocycles. The first-order valence-corrected chi connectivity index (χ1v) is 7.64. The lowest BCUT2D eigenvalue weighted by Gasteiger charge is -2.19. The zero-order valence-corrected chi connectivity index (χ0v) is 12.5. The van der Waals surface area contributed by atoms with E-state index in [1.54, 1.807) is 0 Å². The van der Waals surface area contributed by atoms with Gasteiger partial charge in [0.15, 0.2) is 0 Å². The van der Waals surface area contributed by atoms with Gasteiger partial charge in [0.2, 0.25) is 5.91 Å². The summed E-state index contributed by atoms with van der Waals surface area (Å²) < 4.78 is 0. The summed E-state index contributed by atoms with van der Waals surface area (Å²) >= 11 is 0. The minimum atomic E-state index is -0.858. The van der Waals surface area contributed by atoms with Crippen molar-refractivity contribution in [2.75, 3.05) is 13.2 Å². The van der Waals surface area contributed by atoms with E-state index in [0.717, 1.165) is 12.8 Å². The number of aliphatic hydroxyl groups excluding tert-OH is 1. The van der Waals surface area contributed by atoms with Crippen LogP contribution in [0, 0.1) is 23.7 Å². The van der Waals surface area contributed by atoms with Crippen LogP contribution in [0.5, 0.6) is 0 Å². The van der Waals surface area contributed by atoms with Crippen molar-refractivity contribution in [1.29, 1.82) is 0 Å². The Bertz CT molecular complexity index is 332. The number of hydrogen-bond acceptors (Lipinski definition) is 3. The molecule has 5 nitrogen and oxygen atoms in total. The summed E-state index contributed by atoms with van der Waals surface area (Å²) in [5, 5.41) is 21.1. The van der Waals surface area contributed by atoms with Gasteiger partial charge in [-0.05, 0) is 31.1 Å². The summed E-state index contributed by atoms with van der Waals surface area (Å²) in [4.78, 5) is 23.5. The third kappa shape index (κ3) is 4.47. The maximum atomic E-state index is 12.2. The second-order valence-electron chi connectivity index (χ2n) is 5.83. The zero-order valence-electron chi connectivity index (χ0n) is 12.5. The molecule has 1 rings (SSSR count). The normalized spacial score (nSPS) is 27.2. The molecule has 4 unspecified atom stereocenters. The van der Waals surface area contributed by atoms with Gasteiger partial charge >= 0.3 is 5.97 Å². The lowest BCUT2D eigenvalue weighted by Crippen LogP contribution is -2.37. The number of carbonyl (C=O) groups excluding carboxylic acids is 1. The van der Waals surface area contributed by atoms with E-state index in [-0.39, 0.29) is 18.4 Å². The summed E-state index contributed by atoms with van der Waals surface area (Å²) in [5.41, 5.74) is 0. The van der Waals surface area contributed by atoms with Crippen LogP contribution in [-0.2, 0) is 9.59 Å². The highest BCUT2D eigenvalue weighted by Crippen LogP contribution is 2.38. The highest BCUT2D eigenvalue weighted by atomic mass is 16.4. The summed E-state index contributed by atoms with van der Waals surface area (Å²) in [6.07, 6.45) is 3.77. The van der Waals surface area contributed by atoms with Crippen LogP contribution in [0.25, 0.3) is 0 Å². The molecule has 4 atom stereocenters. The predicted molar refractivity (Wildman–Crippen MR) is 76.1 cm³/mol. The average molecular weight is 285 g/mol. The first kappa shape index (κ1) is 17.0. The van der Waals surface area contributed by atoms with E-state index in [0.29, 0.717) is 31.7 Å². The minimum absolute atomic E-state index is 0.119. The Hall–Kier alpha value is -1.10. The number of carboxylic acids is 1. The number of aliphatic carboxylic acids is 1. The lowest BCUT2D eigenvalue weighted by atomic mass is 9.95. The molecular formula is C15H27NO4. The molecule has 1 fully saturated rings. The number of carboxylic acid groups (broad SMARTS) is 1. The summed E-state index contributed by atoms with van der Waals surface area (Å²) in [6, 6.07) is 0. The Balaban J connectivity index is 2.54. The number of nitrogens with one attached hydrogen (secondary N) is 1. The van der Waals surface area contributed by atoms with Crippen molar-refractivity contribution in [2.45, 2.75) is 46.0 Å². The summed E-state index contributed by atoms with van der Waals surface area (Å²) in [6.45, 7) is 4.70. The van der Waals surface area contributed by atoms with E-state index in [4.69, 9.17) is 5.11 Å². The van der Waals surface area contributed by atoms with Gasteiger partial charge in [0, 0.05) is 13.2 Å². The van der Waals surface area contributed by atoms with Crippen LogP contribution < -0.4 is 5.32 Å². The SMILES string of the molecule is CCC(CCO)CNC(=O)C1CC(CC)CC1C(=O)O. The quantitative estimate of drug-likeness (QED) is 0.633. The molecule has 0 aromatic rings. The molecule has 0 saturated heterocycles. The highest BCUT2D eigenvalue weighted by Gasteiger charge is 2.41. The molecule has 0 heterocycles. The average Bonchev–Trinajstić information content (AvgIpc) is 2.87. The fraction of sp³-hybridized carbons (Fsp3) is 0.867. The van der Waals surface area contributed by atoms with Crippen molar-refractivity contribution in [3.63, 3.8) is 0 Å². The van der Waals surface area contributed by atoms with Gasteiger partial charge < -0.3 is 15.5 Å². The molecule has 0 aromatic heterocycles. The number of carbonyl (C=O) groups is 2. The summed E-state index contributed by atoms with van der Waals surface area (Å²) in [7, 11) is 0. The van der Waals surface area contributed by atoms with Crippen molar-refractivity contribution in [3.8, 4) is 0 Å².